The number of benzene rings is 2. The van der Waals surface area contributed by atoms with Crippen LogP contribution in [0.3, 0.4) is 0 Å². The summed E-state index contributed by atoms with van der Waals surface area (Å²) in [5.74, 6) is 0.199. The van der Waals surface area contributed by atoms with E-state index in [1.165, 1.54) is 4.31 Å². The van der Waals surface area contributed by atoms with E-state index in [1.807, 2.05) is 44.3 Å². The number of aryl methyl sites for hydroxylation is 1. The van der Waals surface area contributed by atoms with Crippen molar-refractivity contribution in [3.63, 3.8) is 0 Å². The highest BCUT2D eigenvalue weighted by atomic mass is 32.2. The average Bonchev–Trinajstić information content (AvgIpc) is 3.32. The minimum absolute atomic E-state index is 0.0657. The third kappa shape index (κ3) is 5.29. The molecule has 0 saturated carbocycles. The molecule has 1 aliphatic heterocycles. The van der Waals surface area contributed by atoms with Crippen molar-refractivity contribution in [2.24, 2.45) is 5.92 Å². The molecule has 1 aromatic heterocycles. The van der Waals surface area contributed by atoms with Gasteiger partial charge in [0.2, 0.25) is 10.0 Å². The molecule has 2 heterocycles. The largest absolute Gasteiger partial charge is 0.379 e. The Morgan fingerprint density at radius 1 is 1.09 bits per heavy atom. The van der Waals surface area contributed by atoms with E-state index < -0.39 is 10.0 Å². The van der Waals surface area contributed by atoms with Crippen molar-refractivity contribution < 1.29 is 17.9 Å². The Kier molecular flexibility index (Phi) is 7.64. The summed E-state index contributed by atoms with van der Waals surface area (Å²) in [4.78, 5) is 19.2. The number of morpholine rings is 1. The standard InChI is InChI=1S/C27H35N3O4S/c1-5-21-6-7-23(18-26(21)35(32,33)29-12-14-34-15-13-29)27(31)30(20(4)16-19(2)3)24-8-9-25-22(17-24)10-11-28-25/h6-11,17-20,28H,5,12-16H2,1-4H3. The molecule has 0 bridgehead atoms. The Morgan fingerprint density at radius 3 is 2.51 bits per heavy atom. The number of H-pyrrole nitrogens is 1. The van der Waals surface area contributed by atoms with Gasteiger partial charge in [0.05, 0.1) is 18.1 Å². The molecule has 1 amide bonds. The van der Waals surface area contributed by atoms with Crippen LogP contribution in [0.15, 0.2) is 53.6 Å². The maximum absolute atomic E-state index is 14.0. The number of nitrogens with zero attached hydrogens (tertiary/aromatic N) is 2. The van der Waals surface area contributed by atoms with E-state index in [1.54, 1.807) is 23.1 Å². The summed E-state index contributed by atoms with van der Waals surface area (Å²) in [5.41, 5.74) is 2.89. The molecule has 2 aromatic carbocycles. The Hall–Kier alpha value is -2.68. The zero-order chi connectivity index (χ0) is 25.2. The van der Waals surface area contributed by atoms with Crippen LogP contribution < -0.4 is 4.90 Å². The van der Waals surface area contributed by atoms with Gasteiger partial charge in [-0.15, -0.1) is 0 Å². The highest BCUT2D eigenvalue weighted by molar-refractivity contribution is 7.89. The fourth-order valence-corrected chi connectivity index (χ4v) is 6.56. The van der Waals surface area contributed by atoms with Crippen LogP contribution in [0.2, 0.25) is 0 Å². The maximum Gasteiger partial charge on any atom is 0.258 e. The number of hydrogen-bond donors (Lipinski definition) is 1. The molecule has 7 nitrogen and oxygen atoms in total. The molecule has 188 valence electrons. The molecule has 0 spiro atoms. The molecule has 1 atom stereocenters. The van der Waals surface area contributed by atoms with Crippen LogP contribution in [0, 0.1) is 5.92 Å². The number of sulfonamides is 1. The number of ether oxygens (including phenoxy) is 1. The molecular weight excluding hydrogens is 462 g/mol. The zero-order valence-corrected chi connectivity index (χ0v) is 21.8. The first-order valence-electron chi connectivity index (χ1n) is 12.3. The summed E-state index contributed by atoms with van der Waals surface area (Å²) in [5, 5.41) is 1.02. The van der Waals surface area contributed by atoms with Gasteiger partial charge in [-0.3, -0.25) is 4.79 Å². The zero-order valence-electron chi connectivity index (χ0n) is 21.0. The number of aromatic amines is 1. The second-order valence-electron chi connectivity index (χ2n) is 9.60. The van der Waals surface area contributed by atoms with Crippen LogP contribution in [0.5, 0.6) is 0 Å². The summed E-state index contributed by atoms with van der Waals surface area (Å²) in [6, 6.07) is 12.9. The molecule has 1 unspecified atom stereocenters. The van der Waals surface area contributed by atoms with E-state index in [2.05, 4.69) is 18.8 Å². The van der Waals surface area contributed by atoms with Gasteiger partial charge in [-0.05, 0) is 67.6 Å². The molecule has 0 aliphatic carbocycles. The lowest BCUT2D eigenvalue weighted by atomic mass is 10.0. The Labute approximate surface area is 208 Å². The van der Waals surface area contributed by atoms with Crippen molar-refractivity contribution in [3.05, 3.63) is 59.8 Å². The quantitative estimate of drug-likeness (QED) is 0.483. The van der Waals surface area contributed by atoms with Crippen LogP contribution >= 0.6 is 0 Å². The summed E-state index contributed by atoms with van der Waals surface area (Å²) in [7, 11) is -3.73. The molecule has 3 aromatic rings. The Bertz CT molecular complexity index is 1290. The molecular formula is C27H35N3O4S. The first kappa shape index (κ1) is 25.4. The van der Waals surface area contributed by atoms with E-state index >= 15 is 0 Å². The molecule has 1 N–H and O–H groups in total. The monoisotopic (exact) mass is 497 g/mol. The lowest BCUT2D eigenvalue weighted by molar-refractivity contribution is 0.0730. The van der Waals surface area contributed by atoms with Gasteiger partial charge in [0.25, 0.3) is 5.91 Å². The minimum atomic E-state index is -3.73. The summed E-state index contributed by atoms with van der Waals surface area (Å²) < 4.78 is 33.8. The molecule has 0 radical (unpaired) electrons. The van der Waals surface area contributed by atoms with Crippen LogP contribution in [-0.2, 0) is 21.2 Å². The maximum atomic E-state index is 14.0. The molecule has 35 heavy (non-hydrogen) atoms. The van der Waals surface area contributed by atoms with Crippen molar-refractivity contribution in [1.82, 2.24) is 9.29 Å². The number of aromatic nitrogens is 1. The Balaban J connectivity index is 1.76. The first-order chi connectivity index (χ1) is 16.7. The van der Waals surface area contributed by atoms with Gasteiger partial charge in [0.15, 0.2) is 0 Å². The molecule has 1 saturated heterocycles. The van der Waals surface area contributed by atoms with E-state index in [4.69, 9.17) is 4.74 Å². The van der Waals surface area contributed by atoms with Crippen LogP contribution in [0.1, 0.15) is 50.0 Å². The van der Waals surface area contributed by atoms with Gasteiger partial charge in [0, 0.05) is 47.5 Å². The number of carbonyl (C=O) groups excluding carboxylic acids is 1. The van der Waals surface area contributed by atoms with Gasteiger partial charge in [-0.2, -0.15) is 4.31 Å². The Morgan fingerprint density at radius 2 is 1.83 bits per heavy atom. The predicted molar refractivity (Wildman–Crippen MR) is 139 cm³/mol. The van der Waals surface area contributed by atoms with Crippen LogP contribution in [0.4, 0.5) is 5.69 Å². The number of fused-ring (bicyclic) bond motifs is 1. The third-order valence-corrected chi connectivity index (χ3v) is 8.55. The molecule has 8 heteroatoms. The first-order valence-corrected chi connectivity index (χ1v) is 13.8. The number of rotatable bonds is 8. The molecule has 4 rings (SSSR count). The van der Waals surface area contributed by atoms with E-state index in [0.29, 0.717) is 49.8 Å². The summed E-state index contributed by atoms with van der Waals surface area (Å²) in [6.45, 7) is 9.64. The van der Waals surface area contributed by atoms with Gasteiger partial charge in [-0.1, -0.05) is 26.8 Å². The average molecular weight is 498 g/mol. The van der Waals surface area contributed by atoms with Crippen molar-refractivity contribution in [1.29, 1.82) is 0 Å². The fraction of sp³-hybridized carbons (Fsp3) is 0.444. The number of nitrogens with one attached hydrogen (secondary N) is 1. The van der Waals surface area contributed by atoms with Crippen molar-refractivity contribution in [2.75, 3.05) is 31.2 Å². The molecule has 1 aliphatic rings. The van der Waals surface area contributed by atoms with Crippen molar-refractivity contribution in [3.8, 4) is 0 Å². The van der Waals surface area contributed by atoms with Gasteiger partial charge in [-0.25, -0.2) is 8.42 Å². The smallest absolute Gasteiger partial charge is 0.258 e. The van der Waals surface area contributed by atoms with Gasteiger partial charge < -0.3 is 14.6 Å². The minimum Gasteiger partial charge on any atom is -0.379 e. The number of anilines is 1. The number of carbonyl (C=O) groups is 1. The normalized spacial score (nSPS) is 16.0. The lowest BCUT2D eigenvalue weighted by Gasteiger charge is -2.31. The van der Waals surface area contributed by atoms with Crippen LogP contribution in [0.25, 0.3) is 10.9 Å². The van der Waals surface area contributed by atoms with E-state index in [-0.39, 0.29) is 16.8 Å². The predicted octanol–water partition coefficient (Wildman–Crippen LogP) is 4.83. The van der Waals surface area contributed by atoms with E-state index in [0.717, 1.165) is 23.0 Å². The second-order valence-corrected chi connectivity index (χ2v) is 11.5. The van der Waals surface area contributed by atoms with Gasteiger partial charge in [0.1, 0.15) is 0 Å². The summed E-state index contributed by atoms with van der Waals surface area (Å²) in [6.07, 6.45) is 3.26. The molecule has 1 fully saturated rings. The highest BCUT2D eigenvalue weighted by Gasteiger charge is 2.31. The van der Waals surface area contributed by atoms with E-state index in [9.17, 15) is 13.2 Å². The van der Waals surface area contributed by atoms with Crippen LogP contribution in [-0.4, -0.2) is 56.0 Å². The van der Waals surface area contributed by atoms with Crippen molar-refractivity contribution >= 4 is 32.5 Å². The van der Waals surface area contributed by atoms with Crippen molar-refractivity contribution in [2.45, 2.75) is 51.5 Å². The number of amides is 1. The fourth-order valence-electron chi connectivity index (χ4n) is 4.83. The number of hydrogen-bond acceptors (Lipinski definition) is 4. The second kappa shape index (κ2) is 10.5. The van der Waals surface area contributed by atoms with Gasteiger partial charge >= 0.3 is 0 Å². The third-order valence-electron chi connectivity index (χ3n) is 6.57. The summed E-state index contributed by atoms with van der Waals surface area (Å²) >= 11 is 0. The highest BCUT2D eigenvalue weighted by Crippen LogP contribution is 2.29. The topological polar surface area (TPSA) is 82.7 Å². The lowest BCUT2D eigenvalue weighted by Crippen LogP contribution is -2.41. The SMILES string of the molecule is CCc1ccc(C(=O)N(c2ccc3[nH]ccc3c2)C(C)CC(C)C)cc1S(=O)(=O)N1CCOCC1.